The zero-order valence-electron chi connectivity index (χ0n) is 18.9. The van der Waals surface area contributed by atoms with E-state index in [-0.39, 0.29) is 35.1 Å². The van der Waals surface area contributed by atoms with Crippen LogP contribution >= 0.6 is 0 Å². The van der Waals surface area contributed by atoms with E-state index >= 15 is 0 Å². The summed E-state index contributed by atoms with van der Waals surface area (Å²) in [5.74, 6) is -1.72. The van der Waals surface area contributed by atoms with Crippen LogP contribution in [0.25, 0.3) is 17.2 Å². The highest BCUT2D eigenvalue weighted by Gasteiger charge is 2.28. The lowest BCUT2D eigenvalue weighted by Gasteiger charge is -2.29. The van der Waals surface area contributed by atoms with Gasteiger partial charge in [-0.2, -0.15) is 4.39 Å². The van der Waals surface area contributed by atoms with Crippen LogP contribution in [0.4, 0.5) is 13.2 Å². The van der Waals surface area contributed by atoms with Gasteiger partial charge in [0, 0.05) is 5.56 Å². The van der Waals surface area contributed by atoms with E-state index in [0.29, 0.717) is 18.8 Å². The van der Waals surface area contributed by atoms with E-state index in [1.54, 1.807) is 30.3 Å². The maximum atomic E-state index is 14.7. The Kier molecular flexibility index (Phi) is 6.46. The van der Waals surface area contributed by atoms with Crippen molar-refractivity contribution >= 4 is 6.08 Å². The highest BCUT2D eigenvalue weighted by molar-refractivity contribution is 5.67. The molecule has 1 saturated heterocycles. The summed E-state index contributed by atoms with van der Waals surface area (Å²) in [5.41, 5.74) is 3.36. The lowest BCUT2D eigenvalue weighted by molar-refractivity contribution is 0.192. The molecule has 1 aliphatic heterocycles. The molecule has 3 aromatic carbocycles. The van der Waals surface area contributed by atoms with E-state index in [1.807, 2.05) is 24.3 Å². The van der Waals surface area contributed by atoms with Gasteiger partial charge >= 0.3 is 0 Å². The summed E-state index contributed by atoms with van der Waals surface area (Å²) >= 11 is 0. The third kappa shape index (κ3) is 4.76. The predicted molar refractivity (Wildman–Crippen MR) is 127 cm³/mol. The summed E-state index contributed by atoms with van der Waals surface area (Å²) in [6.07, 6.45) is 5.15. The summed E-state index contributed by atoms with van der Waals surface area (Å²) in [7, 11) is 0. The van der Waals surface area contributed by atoms with Gasteiger partial charge in [-0.25, -0.2) is 8.78 Å². The molecule has 0 amide bonds. The standard InChI is InChI=1S/C29H27F3O2/c1-2-18-3-7-21(8-4-18)24-13-14-26(29(32)28(24)31)33-16-19-5-9-20(10-6-19)23-12-11-22(15-25(23)30)27-17-34-27/h2-4,7-8,11-15,19-20,27H,1,5-6,9-10,16-17H2. The lowest BCUT2D eigenvalue weighted by atomic mass is 9.78. The minimum Gasteiger partial charge on any atom is -0.490 e. The third-order valence-corrected chi connectivity index (χ3v) is 7.00. The smallest absolute Gasteiger partial charge is 0.201 e. The molecule has 1 atom stereocenters. The van der Waals surface area contributed by atoms with Gasteiger partial charge in [0.25, 0.3) is 0 Å². The van der Waals surface area contributed by atoms with Crippen LogP contribution in [0.5, 0.6) is 5.75 Å². The van der Waals surface area contributed by atoms with Gasteiger partial charge in [0.15, 0.2) is 11.6 Å². The molecule has 2 aliphatic rings. The van der Waals surface area contributed by atoms with Crippen LogP contribution in [0.2, 0.25) is 0 Å². The molecule has 0 aromatic heterocycles. The van der Waals surface area contributed by atoms with Crippen molar-refractivity contribution in [2.45, 2.75) is 37.7 Å². The summed E-state index contributed by atoms with van der Waals surface area (Å²) in [6, 6.07) is 15.6. The zero-order chi connectivity index (χ0) is 23.7. The number of rotatable bonds is 7. The van der Waals surface area contributed by atoms with Crippen LogP contribution < -0.4 is 4.74 Å². The molecule has 3 aromatic rings. The molecule has 1 heterocycles. The van der Waals surface area contributed by atoms with Gasteiger partial charge < -0.3 is 9.47 Å². The van der Waals surface area contributed by atoms with Crippen molar-refractivity contribution in [3.05, 3.63) is 95.3 Å². The molecule has 1 aliphatic carbocycles. The molecule has 5 heteroatoms. The SMILES string of the molecule is C=Cc1ccc(-c2ccc(OCC3CCC(c4ccc(C5CO5)cc4F)CC3)c(F)c2F)cc1. The highest BCUT2D eigenvalue weighted by Crippen LogP contribution is 2.39. The van der Waals surface area contributed by atoms with Crippen molar-refractivity contribution in [3.63, 3.8) is 0 Å². The number of benzene rings is 3. The Balaban J connectivity index is 1.18. The molecule has 2 fully saturated rings. The molecule has 0 radical (unpaired) electrons. The van der Waals surface area contributed by atoms with Crippen molar-refractivity contribution in [2.75, 3.05) is 13.2 Å². The number of hydrogen-bond donors (Lipinski definition) is 0. The molecule has 34 heavy (non-hydrogen) atoms. The Hall–Kier alpha value is -3.05. The first-order chi connectivity index (χ1) is 16.5. The second kappa shape index (κ2) is 9.67. The third-order valence-electron chi connectivity index (χ3n) is 7.00. The fourth-order valence-electron chi connectivity index (χ4n) is 4.83. The summed E-state index contributed by atoms with van der Waals surface area (Å²) in [4.78, 5) is 0. The first kappa shape index (κ1) is 22.7. The van der Waals surface area contributed by atoms with Crippen molar-refractivity contribution in [3.8, 4) is 16.9 Å². The Bertz CT molecular complexity index is 1180. The molecule has 0 spiro atoms. The number of epoxide rings is 1. The van der Waals surface area contributed by atoms with Crippen LogP contribution in [0.1, 0.15) is 54.4 Å². The van der Waals surface area contributed by atoms with Crippen LogP contribution in [0.15, 0.2) is 61.2 Å². The maximum absolute atomic E-state index is 14.7. The van der Waals surface area contributed by atoms with Crippen molar-refractivity contribution in [1.29, 1.82) is 0 Å². The molecule has 0 N–H and O–H groups in total. The van der Waals surface area contributed by atoms with Gasteiger partial charge in [0.1, 0.15) is 11.9 Å². The monoisotopic (exact) mass is 464 g/mol. The fraction of sp³-hybridized carbons (Fsp3) is 0.310. The van der Waals surface area contributed by atoms with E-state index in [1.165, 1.54) is 6.07 Å². The largest absolute Gasteiger partial charge is 0.490 e. The van der Waals surface area contributed by atoms with Gasteiger partial charge in [-0.1, -0.05) is 49.1 Å². The summed E-state index contributed by atoms with van der Waals surface area (Å²) < 4.78 is 55.0. The first-order valence-electron chi connectivity index (χ1n) is 11.8. The van der Waals surface area contributed by atoms with Gasteiger partial charge in [-0.15, -0.1) is 0 Å². The van der Waals surface area contributed by atoms with Crippen LogP contribution in [0.3, 0.4) is 0 Å². The minimum atomic E-state index is -0.971. The maximum Gasteiger partial charge on any atom is 0.201 e. The Morgan fingerprint density at radius 3 is 2.29 bits per heavy atom. The van der Waals surface area contributed by atoms with Gasteiger partial charge in [-0.3, -0.25) is 0 Å². The van der Waals surface area contributed by atoms with Crippen LogP contribution in [-0.2, 0) is 4.74 Å². The van der Waals surface area contributed by atoms with E-state index in [4.69, 9.17) is 9.47 Å². The topological polar surface area (TPSA) is 21.8 Å². The molecule has 0 bridgehead atoms. The van der Waals surface area contributed by atoms with E-state index in [2.05, 4.69) is 6.58 Å². The van der Waals surface area contributed by atoms with E-state index < -0.39 is 11.6 Å². The fourth-order valence-corrected chi connectivity index (χ4v) is 4.83. The molecule has 1 saturated carbocycles. The van der Waals surface area contributed by atoms with Gasteiger partial charge in [0.2, 0.25) is 5.82 Å². The Morgan fingerprint density at radius 1 is 0.912 bits per heavy atom. The molecule has 176 valence electrons. The molecule has 2 nitrogen and oxygen atoms in total. The molecule has 5 rings (SSSR count). The predicted octanol–water partition coefficient (Wildman–Crippen LogP) is 7.84. The summed E-state index contributed by atoms with van der Waals surface area (Å²) in [5, 5.41) is 0. The van der Waals surface area contributed by atoms with Crippen LogP contribution in [0, 0.1) is 23.4 Å². The number of halogens is 3. The van der Waals surface area contributed by atoms with Gasteiger partial charge in [0.05, 0.1) is 13.2 Å². The van der Waals surface area contributed by atoms with Crippen LogP contribution in [-0.4, -0.2) is 13.2 Å². The second-order valence-corrected chi connectivity index (χ2v) is 9.20. The highest BCUT2D eigenvalue weighted by atomic mass is 19.2. The normalized spacial score (nSPS) is 21.8. The van der Waals surface area contributed by atoms with E-state index in [0.717, 1.165) is 42.4 Å². The zero-order valence-corrected chi connectivity index (χ0v) is 18.9. The first-order valence-corrected chi connectivity index (χ1v) is 11.8. The van der Waals surface area contributed by atoms with Crippen molar-refractivity contribution in [2.24, 2.45) is 5.92 Å². The van der Waals surface area contributed by atoms with Crippen molar-refractivity contribution in [1.82, 2.24) is 0 Å². The molecular weight excluding hydrogens is 437 g/mol. The number of ether oxygens (including phenoxy) is 2. The lowest BCUT2D eigenvalue weighted by Crippen LogP contribution is -2.20. The number of hydrogen-bond acceptors (Lipinski definition) is 2. The summed E-state index contributed by atoms with van der Waals surface area (Å²) in [6.45, 7) is 4.68. The Morgan fingerprint density at radius 2 is 1.65 bits per heavy atom. The molecular formula is C29H27F3O2. The molecule has 1 unspecified atom stereocenters. The average molecular weight is 465 g/mol. The average Bonchev–Trinajstić information content (AvgIpc) is 3.71. The van der Waals surface area contributed by atoms with Gasteiger partial charge in [-0.05, 0) is 78.0 Å². The van der Waals surface area contributed by atoms with E-state index in [9.17, 15) is 13.2 Å². The van der Waals surface area contributed by atoms with Crippen molar-refractivity contribution < 1.29 is 22.6 Å². The second-order valence-electron chi connectivity index (χ2n) is 9.20. The minimum absolute atomic E-state index is 0.0496. The quantitative estimate of drug-likeness (QED) is 0.332. The Labute approximate surface area is 198 Å².